The van der Waals surface area contributed by atoms with Crippen LogP contribution in [0.1, 0.15) is 72.3 Å². The molecule has 5 atom stereocenters. The van der Waals surface area contributed by atoms with Crippen LogP contribution in [-0.4, -0.2) is 56.4 Å². The molecular formula is C27H45ClN2O5. The van der Waals surface area contributed by atoms with E-state index in [0.717, 1.165) is 36.9 Å². The van der Waals surface area contributed by atoms with Crippen molar-refractivity contribution in [1.29, 1.82) is 0 Å². The van der Waals surface area contributed by atoms with Crippen molar-refractivity contribution < 1.29 is 24.1 Å². The largest absolute Gasteiger partial charge is 0.495 e. The number of hydrogen-bond acceptors (Lipinski definition) is 6. The second-order valence-electron chi connectivity index (χ2n) is 10.3. The van der Waals surface area contributed by atoms with Crippen LogP contribution in [0.3, 0.4) is 0 Å². The minimum atomic E-state index is -1.48. The fourth-order valence-corrected chi connectivity index (χ4v) is 5.15. The number of hydrogen-bond donors (Lipinski definition) is 2. The third-order valence-corrected chi connectivity index (χ3v) is 7.73. The van der Waals surface area contributed by atoms with Gasteiger partial charge in [0.05, 0.1) is 12.8 Å². The van der Waals surface area contributed by atoms with Crippen LogP contribution < -0.4 is 15.0 Å². The summed E-state index contributed by atoms with van der Waals surface area (Å²) in [5, 5.41) is 14.7. The first-order valence-electron chi connectivity index (χ1n) is 12.8. The lowest BCUT2D eigenvalue weighted by molar-refractivity contribution is -0.160. The molecule has 1 saturated heterocycles. The van der Waals surface area contributed by atoms with Crippen LogP contribution in [0.15, 0.2) is 12.1 Å². The van der Waals surface area contributed by atoms with Gasteiger partial charge in [-0.05, 0) is 55.7 Å². The number of methoxy groups -OCH3 is 2. The lowest BCUT2D eigenvalue weighted by atomic mass is 9.83. The van der Waals surface area contributed by atoms with Gasteiger partial charge in [-0.2, -0.15) is 0 Å². The van der Waals surface area contributed by atoms with E-state index in [4.69, 9.17) is 25.8 Å². The molecule has 1 aromatic rings. The predicted octanol–water partition coefficient (Wildman–Crippen LogP) is 5.79. The fraction of sp³-hybridized carbons (Fsp3) is 0.741. The Kier molecular flexibility index (Phi) is 11.0. The van der Waals surface area contributed by atoms with Crippen LogP contribution >= 0.6 is 11.6 Å². The SMILES string of the molecule is CCCC(Cc1cc(OC)c(Cl)c(N(C)C(C)CC)c1)C[C@@H](OC)[C@@]1(O)CC(C(C)C)OC(=O)N1. The summed E-state index contributed by atoms with van der Waals surface area (Å²) in [5.74, 6) is 0.973. The first kappa shape index (κ1) is 29.5. The van der Waals surface area contributed by atoms with Crippen LogP contribution in [0, 0.1) is 11.8 Å². The zero-order valence-corrected chi connectivity index (χ0v) is 23.4. The first-order valence-corrected chi connectivity index (χ1v) is 13.2. The normalized spacial score (nSPS) is 22.8. The number of halogens is 1. The molecule has 2 N–H and O–H groups in total. The number of nitrogens with one attached hydrogen (secondary N) is 1. The van der Waals surface area contributed by atoms with Crippen LogP contribution in [0.5, 0.6) is 5.75 Å². The summed E-state index contributed by atoms with van der Waals surface area (Å²) >= 11 is 6.68. The number of cyclic esters (lactones) is 1. The number of ether oxygens (including phenoxy) is 3. The maximum absolute atomic E-state index is 12.2. The van der Waals surface area contributed by atoms with Gasteiger partial charge < -0.3 is 24.2 Å². The lowest BCUT2D eigenvalue weighted by Crippen LogP contribution is -2.63. The molecule has 0 aromatic heterocycles. The summed E-state index contributed by atoms with van der Waals surface area (Å²) in [6.07, 6.45) is 3.06. The molecule has 0 radical (unpaired) electrons. The van der Waals surface area contributed by atoms with Crippen LogP contribution in [0.25, 0.3) is 0 Å². The van der Waals surface area contributed by atoms with E-state index in [9.17, 15) is 9.90 Å². The molecule has 200 valence electrons. The van der Waals surface area contributed by atoms with Gasteiger partial charge >= 0.3 is 6.09 Å². The zero-order valence-electron chi connectivity index (χ0n) is 22.7. The maximum atomic E-state index is 12.2. The Labute approximate surface area is 216 Å². The third-order valence-electron chi connectivity index (χ3n) is 7.35. The van der Waals surface area contributed by atoms with Gasteiger partial charge in [0.15, 0.2) is 5.72 Å². The van der Waals surface area contributed by atoms with Gasteiger partial charge in [0.1, 0.15) is 23.0 Å². The molecule has 3 unspecified atom stereocenters. The van der Waals surface area contributed by atoms with Crippen LogP contribution in [-0.2, 0) is 15.9 Å². The van der Waals surface area contributed by atoms with Gasteiger partial charge in [0, 0.05) is 26.6 Å². The second kappa shape index (κ2) is 13.0. The Bertz CT molecular complexity index is 836. The Balaban J connectivity index is 2.31. The Hall–Kier alpha value is -1.70. The highest BCUT2D eigenvalue weighted by molar-refractivity contribution is 6.34. The second-order valence-corrected chi connectivity index (χ2v) is 10.6. The van der Waals surface area contributed by atoms with Gasteiger partial charge in [0.2, 0.25) is 0 Å². The maximum Gasteiger partial charge on any atom is 0.409 e. The monoisotopic (exact) mass is 512 g/mol. The molecule has 35 heavy (non-hydrogen) atoms. The quantitative estimate of drug-likeness (QED) is 0.348. The van der Waals surface area contributed by atoms with Crippen molar-refractivity contribution in [2.75, 3.05) is 26.2 Å². The fourth-order valence-electron chi connectivity index (χ4n) is 4.83. The number of carbonyl (C=O) groups is 1. The van der Waals surface area contributed by atoms with Gasteiger partial charge in [-0.25, -0.2) is 4.79 Å². The zero-order chi connectivity index (χ0) is 26.3. The van der Waals surface area contributed by atoms with E-state index in [1.54, 1.807) is 14.2 Å². The molecule has 8 heteroatoms. The molecule has 1 aliphatic heterocycles. The molecule has 7 nitrogen and oxygen atoms in total. The average Bonchev–Trinajstić information content (AvgIpc) is 2.81. The van der Waals surface area contributed by atoms with E-state index >= 15 is 0 Å². The molecule has 0 spiro atoms. The highest BCUT2D eigenvalue weighted by atomic mass is 35.5. The third kappa shape index (κ3) is 7.40. The van der Waals surface area contributed by atoms with E-state index in [0.29, 0.717) is 23.2 Å². The summed E-state index contributed by atoms with van der Waals surface area (Å²) in [5.41, 5.74) is 0.585. The average molecular weight is 513 g/mol. The Morgan fingerprint density at radius 1 is 1.29 bits per heavy atom. The number of amides is 1. The van der Waals surface area contributed by atoms with E-state index < -0.39 is 17.9 Å². The number of anilines is 1. The van der Waals surface area contributed by atoms with E-state index in [2.05, 4.69) is 44.1 Å². The van der Waals surface area contributed by atoms with Crippen molar-refractivity contribution >= 4 is 23.4 Å². The van der Waals surface area contributed by atoms with Crippen molar-refractivity contribution in [2.24, 2.45) is 11.8 Å². The molecule has 0 saturated carbocycles. The topological polar surface area (TPSA) is 80.3 Å². The number of alkyl carbamates (subject to hydrolysis) is 1. The smallest absolute Gasteiger partial charge is 0.409 e. The number of aliphatic hydroxyl groups is 1. The minimum absolute atomic E-state index is 0.0963. The van der Waals surface area contributed by atoms with Crippen LogP contribution in [0.4, 0.5) is 10.5 Å². The van der Waals surface area contributed by atoms with Gasteiger partial charge in [-0.15, -0.1) is 0 Å². The molecule has 1 amide bonds. The lowest BCUT2D eigenvalue weighted by Gasteiger charge is -2.43. The summed E-state index contributed by atoms with van der Waals surface area (Å²) in [6, 6.07) is 4.47. The highest BCUT2D eigenvalue weighted by Crippen LogP contribution is 2.38. The number of nitrogens with zero attached hydrogens (tertiary/aromatic N) is 1. The van der Waals surface area contributed by atoms with Gasteiger partial charge in [-0.3, -0.25) is 5.32 Å². The van der Waals surface area contributed by atoms with Crippen LogP contribution in [0.2, 0.25) is 5.02 Å². The van der Waals surface area contributed by atoms with Gasteiger partial charge in [-0.1, -0.05) is 52.1 Å². The van der Waals surface area contributed by atoms with Crippen molar-refractivity contribution in [3.63, 3.8) is 0 Å². The molecule has 1 aromatic carbocycles. The standard InChI is InChI=1S/C27H45ClN2O5/c1-9-11-19(15-24(34-8)27(32)16-23(17(3)4)35-26(31)29-27)12-20-13-21(30(6)18(5)10-2)25(28)22(14-20)33-7/h13-14,17-19,23-24,32H,9-12,15-16H2,1-8H3,(H,29,31)/t18?,19?,23?,24-,27+/m1/s1. The van der Waals surface area contributed by atoms with Crippen molar-refractivity contribution in [1.82, 2.24) is 5.32 Å². The van der Waals surface area contributed by atoms with Crippen molar-refractivity contribution in [3.05, 3.63) is 22.7 Å². The summed E-state index contributed by atoms with van der Waals surface area (Å²) in [6.45, 7) is 10.4. The van der Waals surface area contributed by atoms with Crippen molar-refractivity contribution in [2.45, 2.75) is 97.1 Å². The molecule has 2 rings (SSSR count). The Morgan fingerprint density at radius 2 is 1.97 bits per heavy atom. The minimum Gasteiger partial charge on any atom is -0.495 e. The number of rotatable bonds is 13. The molecule has 0 aliphatic carbocycles. The number of benzene rings is 1. The summed E-state index contributed by atoms with van der Waals surface area (Å²) < 4.78 is 16.8. The van der Waals surface area contributed by atoms with E-state index in [1.165, 1.54) is 0 Å². The molecule has 1 fully saturated rings. The molecular weight excluding hydrogens is 468 g/mol. The summed E-state index contributed by atoms with van der Waals surface area (Å²) in [7, 11) is 5.27. The van der Waals surface area contributed by atoms with E-state index in [-0.39, 0.29) is 24.4 Å². The molecule has 1 aliphatic rings. The van der Waals surface area contributed by atoms with Crippen molar-refractivity contribution in [3.8, 4) is 5.75 Å². The predicted molar refractivity (Wildman–Crippen MR) is 141 cm³/mol. The highest BCUT2D eigenvalue weighted by Gasteiger charge is 2.47. The first-order chi connectivity index (χ1) is 16.5. The molecule has 1 heterocycles. The summed E-state index contributed by atoms with van der Waals surface area (Å²) in [4.78, 5) is 14.4. The Morgan fingerprint density at radius 3 is 2.51 bits per heavy atom. The van der Waals surface area contributed by atoms with Gasteiger partial charge in [0.25, 0.3) is 0 Å². The van der Waals surface area contributed by atoms with E-state index in [1.807, 2.05) is 19.9 Å². The number of carbonyl (C=O) groups excluding carboxylic acids is 1. The molecule has 0 bridgehead atoms.